The van der Waals surface area contributed by atoms with Gasteiger partial charge < -0.3 is 3.07 Å². The van der Waals surface area contributed by atoms with E-state index < -0.39 is 0 Å². The van der Waals surface area contributed by atoms with Gasteiger partial charge >= 0.3 is 5.97 Å². The van der Waals surface area contributed by atoms with E-state index >= 15 is 0 Å². The summed E-state index contributed by atoms with van der Waals surface area (Å²) in [6, 6.07) is 0. The van der Waals surface area contributed by atoms with Gasteiger partial charge in [-0.1, -0.05) is 6.08 Å². The zero-order chi connectivity index (χ0) is 5.70. The molecule has 0 saturated heterocycles. The summed E-state index contributed by atoms with van der Waals surface area (Å²) in [6.45, 7) is 1.76. The smallest absolute Gasteiger partial charge is 0.339 e. The zero-order valence-electron chi connectivity index (χ0n) is 3.85. The second-order valence-corrected chi connectivity index (χ2v) is 1.34. The third-order valence-electron chi connectivity index (χ3n) is 0.379. The second-order valence-electron chi connectivity index (χ2n) is 0.896. The summed E-state index contributed by atoms with van der Waals surface area (Å²) >= 11 is 1.54. The van der Waals surface area contributed by atoms with Crippen molar-refractivity contribution in [1.29, 1.82) is 0 Å². The molecule has 0 heterocycles. The summed E-state index contributed by atoms with van der Waals surface area (Å²) in [7, 11) is 0. The highest BCUT2D eigenvalue weighted by molar-refractivity contribution is 14.1. The number of carbonyl (C=O) groups excluding carboxylic acids is 1. The van der Waals surface area contributed by atoms with Crippen LogP contribution >= 0.6 is 23.0 Å². The van der Waals surface area contributed by atoms with Gasteiger partial charge in [0, 0.05) is 6.08 Å². The number of rotatable bonds is 1. The SMILES string of the molecule is C/C=C/C(=O)OI. The van der Waals surface area contributed by atoms with Gasteiger partial charge in [-0.2, -0.15) is 0 Å². The van der Waals surface area contributed by atoms with Crippen LogP contribution in [0.3, 0.4) is 0 Å². The molecule has 0 aromatic rings. The van der Waals surface area contributed by atoms with E-state index in [1.54, 1.807) is 13.0 Å². The first-order chi connectivity index (χ1) is 3.31. The van der Waals surface area contributed by atoms with E-state index in [0.717, 1.165) is 0 Å². The molecule has 0 spiro atoms. The minimum atomic E-state index is -0.317. The number of carbonyl (C=O) groups is 1. The summed E-state index contributed by atoms with van der Waals surface area (Å²) in [4.78, 5) is 10.1. The Hall–Kier alpha value is -0.0600. The fourth-order valence-electron chi connectivity index (χ4n) is 0.162. The van der Waals surface area contributed by atoms with E-state index in [1.807, 2.05) is 0 Å². The number of halogens is 1. The Balaban J connectivity index is 3.37. The average molecular weight is 212 g/mol. The first-order valence-electron chi connectivity index (χ1n) is 1.76. The second kappa shape index (κ2) is 4.11. The maximum Gasteiger partial charge on any atom is 0.339 e. The number of allylic oxidation sites excluding steroid dienone is 1. The Labute approximate surface area is 56.2 Å². The third-order valence-corrected chi connectivity index (χ3v) is 0.813. The molecule has 0 bridgehead atoms. The van der Waals surface area contributed by atoms with Gasteiger partial charge in [0.2, 0.25) is 0 Å². The van der Waals surface area contributed by atoms with E-state index in [4.69, 9.17) is 0 Å². The molecule has 0 aliphatic carbocycles. The lowest BCUT2D eigenvalue weighted by Crippen LogP contribution is -1.86. The van der Waals surface area contributed by atoms with Crippen molar-refractivity contribution < 1.29 is 7.86 Å². The summed E-state index contributed by atoms with van der Waals surface area (Å²) in [5.74, 6) is -0.317. The minimum absolute atomic E-state index is 0.317. The normalized spacial score (nSPS) is 9.43. The Bertz CT molecular complexity index is 87.7. The van der Waals surface area contributed by atoms with Crippen LogP contribution in [-0.4, -0.2) is 5.97 Å². The van der Waals surface area contributed by atoms with Crippen LogP contribution in [0.4, 0.5) is 0 Å². The van der Waals surface area contributed by atoms with Crippen molar-refractivity contribution in [2.45, 2.75) is 6.92 Å². The third kappa shape index (κ3) is 3.78. The molecule has 0 rings (SSSR count). The molecule has 0 amide bonds. The van der Waals surface area contributed by atoms with Crippen LogP contribution in [0.15, 0.2) is 12.2 Å². The molecule has 0 aromatic carbocycles. The van der Waals surface area contributed by atoms with Crippen LogP contribution < -0.4 is 0 Å². The molecule has 0 aromatic heterocycles. The summed E-state index contributed by atoms with van der Waals surface area (Å²) in [5, 5.41) is 0. The molecule has 0 radical (unpaired) electrons. The molecular formula is C4H5IO2. The lowest BCUT2D eigenvalue weighted by Gasteiger charge is -1.80. The highest BCUT2D eigenvalue weighted by Crippen LogP contribution is 1.87. The van der Waals surface area contributed by atoms with Crippen LogP contribution in [0.2, 0.25) is 0 Å². The van der Waals surface area contributed by atoms with E-state index in [9.17, 15) is 4.79 Å². The maximum atomic E-state index is 10.1. The molecule has 2 nitrogen and oxygen atoms in total. The lowest BCUT2D eigenvalue weighted by atomic mass is 10.5. The molecule has 0 aliphatic heterocycles. The molecule has 0 fully saturated rings. The number of hydrogen-bond donors (Lipinski definition) is 0. The summed E-state index contributed by atoms with van der Waals surface area (Å²) in [6.07, 6.45) is 2.98. The van der Waals surface area contributed by atoms with Crippen LogP contribution in [0.1, 0.15) is 6.92 Å². The highest BCUT2D eigenvalue weighted by Gasteiger charge is 1.86. The Morgan fingerprint density at radius 2 is 2.43 bits per heavy atom. The van der Waals surface area contributed by atoms with Crippen molar-refractivity contribution in [3.63, 3.8) is 0 Å². The quantitative estimate of drug-likeness (QED) is 0.485. The first kappa shape index (κ1) is 6.94. The van der Waals surface area contributed by atoms with E-state index in [2.05, 4.69) is 3.07 Å². The maximum absolute atomic E-state index is 10.1. The van der Waals surface area contributed by atoms with Crippen molar-refractivity contribution in [2.75, 3.05) is 0 Å². The van der Waals surface area contributed by atoms with Gasteiger partial charge in [0.1, 0.15) is 0 Å². The van der Waals surface area contributed by atoms with Crippen LogP contribution in [0.5, 0.6) is 0 Å². The highest BCUT2D eigenvalue weighted by atomic mass is 127. The average Bonchev–Trinajstić information content (AvgIpc) is 1.68. The predicted octanol–water partition coefficient (Wildman–Crippen LogP) is 1.46. The molecule has 3 heteroatoms. The summed E-state index contributed by atoms with van der Waals surface area (Å²) in [5.41, 5.74) is 0. The molecule has 0 N–H and O–H groups in total. The monoisotopic (exact) mass is 212 g/mol. The molecule has 40 valence electrons. The summed E-state index contributed by atoms with van der Waals surface area (Å²) < 4.78 is 4.23. The van der Waals surface area contributed by atoms with Gasteiger partial charge in [-0.25, -0.2) is 4.79 Å². The van der Waals surface area contributed by atoms with Crippen molar-refractivity contribution in [3.8, 4) is 0 Å². The predicted molar refractivity (Wildman–Crippen MR) is 34.9 cm³/mol. The van der Waals surface area contributed by atoms with Crippen LogP contribution in [0.25, 0.3) is 0 Å². The lowest BCUT2D eigenvalue weighted by molar-refractivity contribution is -0.126. The van der Waals surface area contributed by atoms with Crippen LogP contribution in [-0.2, 0) is 7.86 Å². The van der Waals surface area contributed by atoms with Gasteiger partial charge in [-0.15, -0.1) is 0 Å². The van der Waals surface area contributed by atoms with E-state index in [1.165, 1.54) is 29.1 Å². The molecule has 0 aliphatic rings. The zero-order valence-corrected chi connectivity index (χ0v) is 6.01. The van der Waals surface area contributed by atoms with Gasteiger partial charge in [-0.3, -0.25) is 0 Å². The van der Waals surface area contributed by atoms with Gasteiger partial charge in [0.05, 0.1) is 0 Å². The largest absolute Gasteiger partial charge is 0.391 e. The van der Waals surface area contributed by atoms with Crippen molar-refractivity contribution in [1.82, 2.24) is 0 Å². The minimum Gasteiger partial charge on any atom is -0.391 e. The van der Waals surface area contributed by atoms with E-state index in [-0.39, 0.29) is 5.97 Å². The van der Waals surface area contributed by atoms with Crippen LogP contribution in [0, 0.1) is 0 Å². The fourth-order valence-corrected chi connectivity index (χ4v) is 0.309. The van der Waals surface area contributed by atoms with Gasteiger partial charge in [-0.05, 0) is 6.92 Å². The molecular weight excluding hydrogens is 207 g/mol. The molecule has 0 unspecified atom stereocenters. The van der Waals surface area contributed by atoms with Crippen molar-refractivity contribution in [3.05, 3.63) is 12.2 Å². The standard InChI is InChI=1S/C4H5IO2/c1-2-3-4(6)7-5/h2-3H,1H3/b3-2+. The fraction of sp³-hybridized carbons (Fsp3) is 0.250. The Morgan fingerprint density at radius 3 is 2.57 bits per heavy atom. The Morgan fingerprint density at radius 1 is 1.86 bits per heavy atom. The van der Waals surface area contributed by atoms with Crippen molar-refractivity contribution in [2.24, 2.45) is 0 Å². The topological polar surface area (TPSA) is 26.3 Å². The van der Waals surface area contributed by atoms with Gasteiger partial charge in [0.15, 0.2) is 23.0 Å². The molecule has 0 atom stereocenters. The first-order valence-corrected chi connectivity index (χ1v) is 2.64. The number of hydrogen-bond acceptors (Lipinski definition) is 2. The van der Waals surface area contributed by atoms with Crippen molar-refractivity contribution >= 4 is 29.0 Å². The van der Waals surface area contributed by atoms with E-state index in [0.29, 0.717) is 0 Å². The molecule has 7 heavy (non-hydrogen) atoms. The Kier molecular flexibility index (Phi) is 4.07. The molecule has 0 saturated carbocycles. The van der Waals surface area contributed by atoms with Gasteiger partial charge in [0.25, 0.3) is 0 Å².